The number of rotatable bonds is 8. The summed E-state index contributed by atoms with van der Waals surface area (Å²) in [4.78, 5) is 0.118. The van der Waals surface area contributed by atoms with Crippen LogP contribution in [0.4, 0.5) is 5.69 Å². The van der Waals surface area contributed by atoms with Gasteiger partial charge in [-0.25, -0.2) is 13.1 Å². The van der Waals surface area contributed by atoms with Crippen molar-refractivity contribution in [2.24, 2.45) is 0 Å². The molecule has 0 unspecified atom stereocenters. The highest BCUT2D eigenvalue weighted by molar-refractivity contribution is 9.10. The fourth-order valence-electron chi connectivity index (χ4n) is 3.34. The Morgan fingerprint density at radius 1 is 1.03 bits per heavy atom. The molecule has 0 heterocycles. The number of nitrogens with one attached hydrogen (secondary N) is 3. The summed E-state index contributed by atoms with van der Waals surface area (Å²) in [5.41, 5.74) is 3.77. The fourth-order valence-corrected chi connectivity index (χ4v) is 5.01. The minimum atomic E-state index is -3.76. The first-order chi connectivity index (χ1) is 16.9. The Bertz CT molecular complexity index is 1320. The van der Waals surface area contributed by atoms with Crippen LogP contribution in [0, 0.1) is 0 Å². The maximum atomic E-state index is 12.8. The van der Waals surface area contributed by atoms with Gasteiger partial charge in [0.2, 0.25) is 10.0 Å². The molecule has 0 saturated carbocycles. The Kier molecular flexibility index (Phi) is 8.99. The lowest BCUT2D eigenvalue weighted by molar-refractivity contribution is 0.372. The first-order valence-corrected chi connectivity index (χ1v) is 13.9. The summed E-state index contributed by atoms with van der Waals surface area (Å²) in [6.45, 7) is 7.13. The van der Waals surface area contributed by atoms with Gasteiger partial charge in [0, 0.05) is 23.2 Å². The van der Waals surface area contributed by atoms with Crippen LogP contribution in [0.2, 0.25) is 0 Å². The number of anilines is 1. The van der Waals surface area contributed by atoms with Gasteiger partial charge in [0.15, 0.2) is 16.6 Å². The van der Waals surface area contributed by atoms with Gasteiger partial charge in [-0.1, -0.05) is 61.0 Å². The summed E-state index contributed by atoms with van der Waals surface area (Å²) >= 11 is 8.71. The van der Waals surface area contributed by atoms with Gasteiger partial charge in [0.05, 0.1) is 12.0 Å². The van der Waals surface area contributed by atoms with Crippen molar-refractivity contribution in [1.82, 2.24) is 10.0 Å². The van der Waals surface area contributed by atoms with E-state index in [0.717, 1.165) is 5.56 Å². The highest BCUT2D eigenvalue weighted by atomic mass is 79.9. The van der Waals surface area contributed by atoms with Crippen LogP contribution in [0.5, 0.6) is 11.5 Å². The largest absolute Gasteiger partial charge is 0.504 e. The number of benzene rings is 3. The fraction of sp³-hybridized carbons (Fsp3) is 0.269. The zero-order valence-corrected chi connectivity index (χ0v) is 23.8. The van der Waals surface area contributed by atoms with Crippen molar-refractivity contribution in [1.29, 1.82) is 0 Å². The highest BCUT2D eigenvalue weighted by Crippen LogP contribution is 2.32. The Balaban J connectivity index is 1.56. The molecule has 0 amide bonds. The third kappa shape index (κ3) is 7.42. The number of methoxy groups -OCH3 is 1. The third-order valence-electron chi connectivity index (χ3n) is 5.50. The molecule has 7 nitrogen and oxygen atoms in total. The van der Waals surface area contributed by atoms with E-state index in [1.165, 1.54) is 30.9 Å². The van der Waals surface area contributed by atoms with E-state index in [-0.39, 0.29) is 28.4 Å². The minimum absolute atomic E-state index is 0.0182. The summed E-state index contributed by atoms with van der Waals surface area (Å²) in [7, 11) is -2.33. The number of hydrogen-bond donors (Lipinski definition) is 4. The van der Waals surface area contributed by atoms with Crippen molar-refractivity contribution in [3.8, 4) is 11.5 Å². The lowest BCUT2D eigenvalue weighted by Crippen LogP contribution is -2.28. The zero-order chi connectivity index (χ0) is 26.5. The SMILES string of the molecule is COc1cc(CNS(=O)(=O)c2ccc(NC(=S)NCc3ccc(C(C)(C)C)cc3)cc2)c(Br)cc1O. The van der Waals surface area contributed by atoms with Gasteiger partial charge in [0.1, 0.15) is 0 Å². The van der Waals surface area contributed by atoms with E-state index in [9.17, 15) is 13.5 Å². The Morgan fingerprint density at radius 3 is 2.25 bits per heavy atom. The van der Waals surface area contributed by atoms with Crippen LogP contribution in [-0.4, -0.2) is 25.7 Å². The number of halogens is 1. The number of phenolic OH excluding ortho intramolecular Hbond substituents is 1. The molecule has 0 aliphatic heterocycles. The monoisotopic (exact) mass is 591 g/mol. The molecule has 10 heteroatoms. The van der Waals surface area contributed by atoms with Crippen LogP contribution in [0.3, 0.4) is 0 Å². The van der Waals surface area contributed by atoms with Crippen molar-refractivity contribution >= 4 is 49.0 Å². The van der Waals surface area contributed by atoms with E-state index in [0.29, 0.717) is 27.4 Å². The van der Waals surface area contributed by atoms with Crippen molar-refractivity contribution in [3.05, 3.63) is 81.8 Å². The number of sulfonamides is 1. The third-order valence-corrected chi connectivity index (χ3v) is 7.90. The van der Waals surface area contributed by atoms with E-state index < -0.39 is 10.0 Å². The molecule has 0 radical (unpaired) electrons. The number of hydrogen-bond acceptors (Lipinski definition) is 5. The van der Waals surface area contributed by atoms with Crippen LogP contribution < -0.4 is 20.1 Å². The van der Waals surface area contributed by atoms with Gasteiger partial charge in [0.25, 0.3) is 0 Å². The zero-order valence-electron chi connectivity index (χ0n) is 20.6. The van der Waals surface area contributed by atoms with Crippen molar-refractivity contribution in [2.75, 3.05) is 12.4 Å². The molecule has 192 valence electrons. The first-order valence-electron chi connectivity index (χ1n) is 11.2. The molecule has 0 saturated heterocycles. The summed E-state index contributed by atoms with van der Waals surface area (Å²) in [6.07, 6.45) is 0. The molecule has 4 N–H and O–H groups in total. The molecule has 0 aromatic heterocycles. The van der Waals surface area contributed by atoms with E-state index in [4.69, 9.17) is 17.0 Å². The number of ether oxygens (including phenoxy) is 1. The molecular weight excluding hydrogens is 562 g/mol. The maximum Gasteiger partial charge on any atom is 0.240 e. The van der Waals surface area contributed by atoms with Crippen LogP contribution >= 0.6 is 28.1 Å². The Morgan fingerprint density at radius 2 is 1.67 bits per heavy atom. The molecule has 0 aliphatic carbocycles. The summed E-state index contributed by atoms with van der Waals surface area (Å²) in [5, 5.41) is 16.5. The molecular formula is C26H30BrN3O4S2. The minimum Gasteiger partial charge on any atom is -0.504 e. The van der Waals surface area contributed by atoms with Gasteiger partial charge in [-0.3, -0.25) is 0 Å². The average Bonchev–Trinajstić information content (AvgIpc) is 2.82. The maximum absolute atomic E-state index is 12.8. The van der Waals surface area contributed by atoms with Crippen molar-refractivity contribution < 1.29 is 18.3 Å². The molecule has 0 fully saturated rings. The van der Waals surface area contributed by atoms with E-state index >= 15 is 0 Å². The molecule has 36 heavy (non-hydrogen) atoms. The second-order valence-electron chi connectivity index (χ2n) is 9.22. The van der Waals surface area contributed by atoms with Crippen LogP contribution in [0.25, 0.3) is 0 Å². The van der Waals surface area contributed by atoms with Gasteiger partial charge < -0.3 is 20.5 Å². The topological polar surface area (TPSA) is 99.7 Å². The van der Waals surface area contributed by atoms with Gasteiger partial charge in [-0.15, -0.1) is 0 Å². The summed E-state index contributed by atoms with van der Waals surface area (Å²) in [5.74, 6) is 0.222. The quantitative estimate of drug-likeness (QED) is 0.259. The Hall–Kier alpha value is -2.66. The van der Waals surface area contributed by atoms with Crippen LogP contribution in [0.15, 0.2) is 70.0 Å². The standard InChI is InChI=1S/C26H30BrN3O4S2/c1-26(2,3)19-7-5-17(6-8-19)15-28-25(35)30-20-9-11-21(12-10-20)36(32,33)29-16-18-13-24(34-4)23(31)14-22(18)27/h5-14,29,31H,15-16H2,1-4H3,(H2,28,30,35). The molecule has 3 aromatic rings. The molecule has 0 spiro atoms. The second-order valence-corrected chi connectivity index (χ2v) is 12.2. The van der Waals surface area contributed by atoms with Gasteiger partial charge in [-0.2, -0.15) is 0 Å². The van der Waals surface area contributed by atoms with Crippen LogP contribution in [0.1, 0.15) is 37.5 Å². The van der Waals surface area contributed by atoms with Crippen LogP contribution in [-0.2, 0) is 28.5 Å². The molecule has 3 aromatic carbocycles. The second kappa shape index (κ2) is 11.6. The van der Waals surface area contributed by atoms with E-state index in [1.54, 1.807) is 18.2 Å². The lowest BCUT2D eigenvalue weighted by Gasteiger charge is -2.19. The molecule has 3 rings (SSSR count). The van der Waals surface area contributed by atoms with E-state index in [1.807, 2.05) is 0 Å². The Labute approximate surface area is 226 Å². The van der Waals surface area contributed by atoms with Crippen molar-refractivity contribution in [3.63, 3.8) is 0 Å². The molecule has 0 atom stereocenters. The number of phenols is 1. The van der Waals surface area contributed by atoms with E-state index in [2.05, 4.69) is 76.3 Å². The molecule has 0 bridgehead atoms. The van der Waals surface area contributed by atoms with Gasteiger partial charge in [-0.05, 0) is 70.7 Å². The predicted molar refractivity (Wildman–Crippen MR) is 151 cm³/mol. The first kappa shape index (κ1) is 27.9. The molecule has 0 aliphatic rings. The predicted octanol–water partition coefficient (Wildman–Crippen LogP) is 5.43. The summed E-state index contributed by atoms with van der Waals surface area (Å²) < 4.78 is 33.7. The normalized spacial score (nSPS) is 11.7. The summed E-state index contributed by atoms with van der Waals surface area (Å²) in [6, 6.07) is 17.7. The smallest absolute Gasteiger partial charge is 0.240 e. The van der Waals surface area contributed by atoms with Crippen molar-refractivity contribution in [2.45, 2.75) is 44.2 Å². The number of aromatic hydroxyl groups is 1. The number of thiocarbonyl (C=S) groups is 1. The van der Waals surface area contributed by atoms with Gasteiger partial charge >= 0.3 is 0 Å². The average molecular weight is 593 g/mol. The highest BCUT2D eigenvalue weighted by Gasteiger charge is 2.16. The lowest BCUT2D eigenvalue weighted by atomic mass is 9.87.